The summed E-state index contributed by atoms with van der Waals surface area (Å²) < 4.78 is 14.3. The molecule has 2 rings (SSSR count). The molecule has 21 heavy (non-hydrogen) atoms. The largest absolute Gasteiger partial charge is 0.399 e. The van der Waals surface area contributed by atoms with E-state index >= 15 is 0 Å². The van der Waals surface area contributed by atoms with Crippen molar-refractivity contribution < 1.29 is 4.39 Å². The predicted octanol–water partition coefficient (Wildman–Crippen LogP) is 4.58. The second-order valence-electron chi connectivity index (χ2n) is 5.52. The minimum absolute atomic E-state index is 0.216. The standard InChI is InChI=1S/C17H20BrFN2/c1-12(2)21(10-13-4-3-5-17(20)8-13)11-14-6-15(18)9-16(19)7-14/h3-9,12H,10-11,20H2,1-2H3. The molecule has 0 amide bonds. The summed E-state index contributed by atoms with van der Waals surface area (Å²) in [6.45, 7) is 5.76. The van der Waals surface area contributed by atoms with E-state index in [1.165, 1.54) is 11.6 Å². The van der Waals surface area contributed by atoms with Crippen molar-refractivity contribution in [2.24, 2.45) is 0 Å². The predicted molar refractivity (Wildman–Crippen MR) is 89.3 cm³/mol. The highest BCUT2D eigenvalue weighted by Crippen LogP contribution is 2.19. The third kappa shape index (κ3) is 4.83. The second kappa shape index (κ2) is 7.05. The van der Waals surface area contributed by atoms with Crippen molar-refractivity contribution >= 4 is 21.6 Å². The molecule has 2 N–H and O–H groups in total. The number of hydrogen-bond acceptors (Lipinski definition) is 2. The van der Waals surface area contributed by atoms with E-state index < -0.39 is 0 Å². The van der Waals surface area contributed by atoms with Crippen LogP contribution >= 0.6 is 15.9 Å². The Morgan fingerprint density at radius 1 is 1.10 bits per heavy atom. The van der Waals surface area contributed by atoms with Crippen LogP contribution < -0.4 is 5.73 Å². The smallest absolute Gasteiger partial charge is 0.124 e. The Labute approximate surface area is 133 Å². The van der Waals surface area contributed by atoms with Gasteiger partial charge in [-0.2, -0.15) is 0 Å². The van der Waals surface area contributed by atoms with E-state index in [0.29, 0.717) is 12.6 Å². The second-order valence-corrected chi connectivity index (χ2v) is 6.44. The van der Waals surface area contributed by atoms with Crippen LogP contribution in [-0.4, -0.2) is 10.9 Å². The van der Waals surface area contributed by atoms with Gasteiger partial charge in [0.25, 0.3) is 0 Å². The van der Waals surface area contributed by atoms with Crippen LogP contribution in [-0.2, 0) is 13.1 Å². The molecule has 0 aliphatic rings. The van der Waals surface area contributed by atoms with Crippen molar-refractivity contribution in [3.63, 3.8) is 0 Å². The number of rotatable bonds is 5. The molecular formula is C17H20BrFN2. The molecule has 4 heteroatoms. The third-order valence-electron chi connectivity index (χ3n) is 3.38. The van der Waals surface area contributed by atoms with E-state index in [1.54, 1.807) is 6.07 Å². The van der Waals surface area contributed by atoms with Crippen molar-refractivity contribution in [1.29, 1.82) is 0 Å². The highest BCUT2D eigenvalue weighted by atomic mass is 79.9. The van der Waals surface area contributed by atoms with Crippen LogP contribution in [0.15, 0.2) is 46.9 Å². The first-order chi connectivity index (χ1) is 9.94. The Bertz CT molecular complexity index is 593. The van der Waals surface area contributed by atoms with Crippen molar-refractivity contribution in [3.05, 3.63) is 63.9 Å². The number of nitrogen functional groups attached to an aromatic ring is 1. The fourth-order valence-corrected chi connectivity index (χ4v) is 2.80. The van der Waals surface area contributed by atoms with E-state index in [-0.39, 0.29) is 5.82 Å². The van der Waals surface area contributed by atoms with E-state index in [1.807, 2.05) is 24.3 Å². The zero-order chi connectivity index (χ0) is 15.4. The molecule has 0 atom stereocenters. The maximum Gasteiger partial charge on any atom is 0.124 e. The maximum atomic E-state index is 13.5. The molecule has 0 saturated carbocycles. The van der Waals surface area contributed by atoms with E-state index in [2.05, 4.69) is 40.7 Å². The number of hydrogen-bond donors (Lipinski definition) is 1. The van der Waals surface area contributed by atoms with E-state index in [0.717, 1.165) is 22.3 Å². The van der Waals surface area contributed by atoms with Gasteiger partial charge in [-0.3, -0.25) is 4.90 Å². The van der Waals surface area contributed by atoms with Gasteiger partial charge in [0.05, 0.1) is 0 Å². The molecule has 0 fully saturated rings. The highest BCUT2D eigenvalue weighted by molar-refractivity contribution is 9.10. The molecular weight excluding hydrogens is 331 g/mol. The summed E-state index contributed by atoms with van der Waals surface area (Å²) in [5.74, 6) is -0.216. The Balaban J connectivity index is 2.15. The summed E-state index contributed by atoms with van der Waals surface area (Å²) in [6.07, 6.45) is 0. The normalized spacial score (nSPS) is 11.3. The van der Waals surface area contributed by atoms with Gasteiger partial charge in [0.15, 0.2) is 0 Å². The molecule has 2 aromatic carbocycles. The van der Waals surface area contributed by atoms with Gasteiger partial charge in [-0.25, -0.2) is 4.39 Å². The van der Waals surface area contributed by atoms with Crippen molar-refractivity contribution in [1.82, 2.24) is 4.90 Å². The van der Waals surface area contributed by atoms with Crippen molar-refractivity contribution in [3.8, 4) is 0 Å². The van der Waals surface area contributed by atoms with Crippen molar-refractivity contribution in [2.45, 2.75) is 33.0 Å². The molecule has 2 aromatic rings. The zero-order valence-electron chi connectivity index (χ0n) is 12.3. The average Bonchev–Trinajstić information content (AvgIpc) is 2.36. The molecule has 112 valence electrons. The monoisotopic (exact) mass is 350 g/mol. The zero-order valence-corrected chi connectivity index (χ0v) is 13.9. The Morgan fingerprint density at radius 2 is 1.81 bits per heavy atom. The van der Waals surface area contributed by atoms with Gasteiger partial charge in [-0.05, 0) is 55.3 Å². The first-order valence-corrected chi connectivity index (χ1v) is 7.77. The molecule has 0 bridgehead atoms. The van der Waals surface area contributed by atoms with Crippen molar-refractivity contribution in [2.75, 3.05) is 5.73 Å². The molecule has 2 nitrogen and oxygen atoms in total. The summed E-state index contributed by atoms with van der Waals surface area (Å²) in [7, 11) is 0. The number of nitrogens with two attached hydrogens (primary N) is 1. The third-order valence-corrected chi connectivity index (χ3v) is 3.83. The number of anilines is 1. The maximum absolute atomic E-state index is 13.5. The fraction of sp³-hybridized carbons (Fsp3) is 0.294. The summed E-state index contributed by atoms with van der Waals surface area (Å²) in [5.41, 5.74) is 8.72. The Hall–Kier alpha value is -1.39. The Morgan fingerprint density at radius 3 is 2.43 bits per heavy atom. The summed E-state index contributed by atoms with van der Waals surface area (Å²) in [4.78, 5) is 2.29. The van der Waals surface area contributed by atoms with E-state index in [9.17, 15) is 4.39 Å². The van der Waals surface area contributed by atoms with Crippen LogP contribution in [0.3, 0.4) is 0 Å². The van der Waals surface area contributed by atoms with Crippen LogP contribution in [0.5, 0.6) is 0 Å². The highest BCUT2D eigenvalue weighted by Gasteiger charge is 2.12. The van der Waals surface area contributed by atoms with Gasteiger partial charge < -0.3 is 5.73 Å². The van der Waals surface area contributed by atoms with Crippen LogP contribution in [0, 0.1) is 5.82 Å². The van der Waals surface area contributed by atoms with Gasteiger partial charge in [-0.1, -0.05) is 28.1 Å². The molecule has 0 heterocycles. The minimum Gasteiger partial charge on any atom is -0.399 e. The van der Waals surface area contributed by atoms with Crippen LogP contribution in [0.25, 0.3) is 0 Å². The number of halogens is 2. The summed E-state index contributed by atoms with van der Waals surface area (Å²) >= 11 is 3.34. The Kier molecular flexibility index (Phi) is 5.37. The lowest BCUT2D eigenvalue weighted by Crippen LogP contribution is -2.29. The lowest BCUT2D eigenvalue weighted by Gasteiger charge is -2.27. The quantitative estimate of drug-likeness (QED) is 0.799. The van der Waals surface area contributed by atoms with Gasteiger partial charge in [0, 0.05) is 29.3 Å². The molecule has 0 radical (unpaired) electrons. The molecule has 0 aliphatic heterocycles. The first kappa shape index (κ1) is 16.0. The first-order valence-electron chi connectivity index (χ1n) is 6.97. The number of nitrogens with zero attached hydrogens (tertiary/aromatic N) is 1. The SMILES string of the molecule is CC(C)N(Cc1cccc(N)c1)Cc1cc(F)cc(Br)c1. The van der Waals surface area contributed by atoms with Crippen LogP contribution in [0.1, 0.15) is 25.0 Å². The lowest BCUT2D eigenvalue weighted by molar-refractivity contribution is 0.203. The lowest BCUT2D eigenvalue weighted by atomic mass is 10.1. The molecule has 0 spiro atoms. The number of benzene rings is 2. The molecule has 0 aromatic heterocycles. The average molecular weight is 351 g/mol. The van der Waals surface area contributed by atoms with Gasteiger partial charge in [0.2, 0.25) is 0 Å². The van der Waals surface area contributed by atoms with Gasteiger partial charge >= 0.3 is 0 Å². The minimum atomic E-state index is -0.216. The van der Waals surface area contributed by atoms with Crippen LogP contribution in [0.4, 0.5) is 10.1 Å². The molecule has 0 saturated heterocycles. The van der Waals surface area contributed by atoms with Crippen LogP contribution in [0.2, 0.25) is 0 Å². The fourth-order valence-electron chi connectivity index (χ4n) is 2.28. The molecule has 0 unspecified atom stereocenters. The molecule has 0 aliphatic carbocycles. The topological polar surface area (TPSA) is 29.3 Å². The summed E-state index contributed by atoms with van der Waals surface area (Å²) in [6, 6.07) is 13.3. The summed E-state index contributed by atoms with van der Waals surface area (Å²) in [5, 5.41) is 0. The van der Waals surface area contributed by atoms with E-state index in [4.69, 9.17) is 5.73 Å². The van der Waals surface area contributed by atoms with Gasteiger partial charge in [-0.15, -0.1) is 0 Å². The van der Waals surface area contributed by atoms with Gasteiger partial charge in [0.1, 0.15) is 5.82 Å².